The second-order valence-corrected chi connectivity index (χ2v) is 6.29. The van der Waals surface area contributed by atoms with E-state index in [4.69, 9.17) is 0 Å². The van der Waals surface area contributed by atoms with Gasteiger partial charge in [0.15, 0.2) is 0 Å². The predicted molar refractivity (Wildman–Crippen MR) is 122 cm³/mol. The number of aryl methyl sites for hydroxylation is 3. The Labute approximate surface area is 165 Å². The van der Waals surface area contributed by atoms with E-state index in [0.717, 1.165) is 25.9 Å². The number of nitrogens with zero attached hydrogens (tertiary/aromatic N) is 1. The first-order valence-electron chi connectivity index (χ1n) is 10.6. The Morgan fingerprint density at radius 1 is 0.962 bits per heavy atom. The van der Waals surface area contributed by atoms with Crippen LogP contribution in [0.15, 0.2) is 42.0 Å². The van der Waals surface area contributed by atoms with E-state index in [1.165, 1.54) is 35.2 Å². The van der Waals surface area contributed by atoms with Gasteiger partial charge in [-0.15, -0.1) is 0 Å². The Bertz CT molecular complexity index is 493. The predicted octanol–water partition coefficient (Wildman–Crippen LogP) is 7.39. The van der Waals surface area contributed by atoms with Gasteiger partial charge in [-0.2, -0.15) is 0 Å². The van der Waals surface area contributed by atoms with Crippen LogP contribution < -0.4 is 0 Å². The van der Waals surface area contributed by atoms with Crippen molar-refractivity contribution >= 4 is 0 Å². The van der Waals surface area contributed by atoms with Crippen molar-refractivity contribution in [1.82, 2.24) is 4.90 Å². The van der Waals surface area contributed by atoms with E-state index in [2.05, 4.69) is 82.9 Å². The zero-order chi connectivity index (χ0) is 20.4. The van der Waals surface area contributed by atoms with Crippen LogP contribution in [0.1, 0.15) is 78.5 Å². The molecule has 0 aliphatic rings. The lowest BCUT2D eigenvalue weighted by atomic mass is 10.0. The van der Waals surface area contributed by atoms with Gasteiger partial charge in [0, 0.05) is 6.54 Å². The van der Waals surface area contributed by atoms with Crippen LogP contribution in [-0.4, -0.2) is 24.5 Å². The first kappa shape index (κ1) is 26.9. The fourth-order valence-electron chi connectivity index (χ4n) is 2.65. The summed E-state index contributed by atoms with van der Waals surface area (Å²) in [6, 6.07) is 6.73. The molecule has 0 unspecified atom stereocenters. The van der Waals surface area contributed by atoms with Gasteiger partial charge in [-0.05, 0) is 64.3 Å². The van der Waals surface area contributed by atoms with Crippen LogP contribution in [0.5, 0.6) is 0 Å². The molecule has 1 aromatic carbocycles. The van der Waals surface area contributed by atoms with E-state index >= 15 is 0 Å². The summed E-state index contributed by atoms with van der Waals surface area (Å²) in [4.78, 5) is 2.45. The normalized spacial score (nSPS) is 11.1. The van der Waals surface area contributed by atoms with Crippen molar-refractivity contribution < 1.29 is 0 Å². The lowest BCUT2D eigenvalue weighted by molar-refractivity contribution is 0.307. The molecular formula is C25H45N. The zero-order valence-corrected chi connectivity index (χ0v) is 19.2. The lowest BCUT2D eigenvalue weighted by Gasteiger charge is -2.17. The maximum atomic E-state index is 2.45. The third-order valence-corrected chi connectivity index (χ3v) is 4.41. The third kappa shape index (κ3) is 12.9. The van der Waals surface area contributed by atoms with Crippen LogP contribution in [0.4, 0.5) is 0 Å². The number of allylic oxidation sites excluding steroid dienone is 3. The molecule has 1 rings (SSSR count). The van der Waals surface area contributed by atoms with Crippen molar-refractivity contribution in [2.75, 3.05) is 19.6 Å². The molecule has 0 fully saturated rings. The highest BCUT2D eigenvalue weighted by Crippen LogP contribution is 2.12. The molecule has 0 N–H and O–H groups in total. The van der Waals surface area contributed by atoms with E-state index in [9.17, 15) is 0 Å². The Morgan fingerprint density at radius 3 is 2.00 bits per heavy atom. The van der Waals surface area contributed by atoms with Gasteiger partial charge < -0.3 is 4.90 Å². The minimum Gasteiger partial charge on any atom is -0.304 e. The third-order valence-electron chi connectivity index (χ3n) is 4.41. The van der Waals surface area contributed by atoms with Gasteiger partial charge >= 0.3 is 0 Å². The molecule has 26 heavy (non-hydrogen) atoms. The van der Waals surface area contributed by atoms with Crippen LogP contribution in [0.3, 0.4) is 0 Å². The molecule has 0 amide bonds. The highest BCUT2D eigenvalue weighted by atomic mass is 15.1. The smallest absolute Gasteiger partial charge is 0.00183 e. The molecule has 0 atom stereocenters. The highest BCUT2D eigenvalue weighted by molar-refractivity contribution is 5.31. The SMILES string of the molecule is C/C=C\C=C(\C)CCN(CC)CC.CC.CCc1ccc(C)cc1CC. The Hall–Kier alpha value is -1.34. The topological polar surface area (TPSA) is 3.24 Å². The molecule has 0 aliphatic carbocycles. The Balaban J connectivity index is 0. The molecule has 0 radical (unpaired) electrons. The first-order chi connectivity index (χ1) is 12.5. The summed E-state index contributed by atoms with van der Waals surface area (Å²) < 4.78 is 0. The van der Waals surface area contributed by atoms with E-state index in [1.807, 2.05) is 20.8 Å². The van der Waals surface area contributed by atoms with Crippen LogP contribution in [-0.2, 0) is 12.8 Å². The molecule has 1 aromatic rings. The standard InChI is InChI=1S/C12H23N.C11H16.C2H6/c1-5-8-9-12(4)10-11-13(6-2)7-3;1-4-10-7-6-9(3)8-11(10)5-2;1-2/h5,8-9H,6-7,10-11H2,1-4H3;6-8H,4-5H2,1-3H3;1-2H3/b8-5-,12-9-;;. The van der Waals surface area contributed by atoms with Gasteiger partial charge in [0.25, 0.3) is 0 Å². The summed E-state index contributed by atoms with van der Waals surface area (Å²) >= 11 is 0. The van der Waals surface area contributed by atoms with Gasteiger partial charge in [-0.3, -0.25) is 0 Å². The second kappa shape index (κ2) is 18.5. The van der Waals surface area contributed by atoms with Gasteiger partial charge in [0.2, 0.25) is 0 Å². The maximum Gasteiger partial charge on any atom is 0.00183 e. The van der Waals surface area contributed by atoms with Crippen LogP contribution in [0, 0.1) is 6.92 Å². The zero-order valence-electron chi connectivity index (χ0n) is 19.2. The van der Waals surface area contributed by atoms with E-state index < -0.39 is 0 Å². The van der Waals surface area contributed by atoms with Crippen molar-refractivity contribution in [2.24, 2.45) is 0 Å². The summed E-state index contributed by atoms with van der Waals surface area (Å²) in [6.07, 6.45) is 9.88. The fraction of sp³-hybridized carbons (Fsp3) is 0.600. The summed E-state index contributed by atoms with van der Waals surface area (Å²) in [6.45, 7) is 22.8. The highest BCUT2D eigenvalue weighted by Gasteiger charge is 1.98. The molecule has 0 bridgehead atoms. The average Bonchev–Trinajstić information content (AvgIpc) is 2.69. The average molecular weight is 360 g/mol. The van der Waals surface area contributed by atoms with Crippen molar-refractivity contribution in [1.29, 1.82) is 0 Å². The van der Waals surface area contributed by atoms with Crippen LogP contribution in [0.25, 0.3) is 0 Å². The Morgan fingerprint density at radius 2 is 1.54 bits per heavy atom. The number of hydrogen-bond acceptors (Lipinski definition) is 1. The monoisotopic (exact) mass is 359 g/mol. The molecular weight excluding hydrogens is 314 g/mol. The summed E-state index contributed by atoms with van der Waals surface area (Å²) in [7, 11) is 0. The first-order valence-corrected chi connectivity index (χ1v) is 10.6. The molecule has 0 heterocycles. The molecule has 0 saturated heterocycles. The van der Waals surface area contributed by atoms with Gasteiger partial charge in [0.1, 0.15) is 0 Å². The molecule has 0 spiro atoms. The molecule has 1 nitrogen and oxygen atoms in total. The van der Waals surface area contributed by atoms with E-state index in [1.54, 1.807) is 0 Å². The fourth-order valence-corrected chi connectivity index (χ4v) is 2.65. The van der Waals surface area contributed by atoms with Crippen molar-refractivity contribution in [3.05, 3.63) is 58.7 Å². The van der Waals surface area contributed by atoms with Crippen LogP contribution in [0.2, 0.25) is 0 Å². The number of rotatable bonds is 8. The minimum atomic E-state index is 1.16. The van der Waals surface area contributed by atoms with Crippen molar-refractivity contribution in [2.45, 2.75) is 81.6 Å². The molecule has 1 heteroatoms. The summed E-state index contributed by atoms with van der Waals surface area (Å²) in [5.74, 6) is 0. The van der Waals surface area contributed by atoms with Crippen molar-refractivity contribution in [3.8, 4) is 0 Å². The number of hydrogen-bond donors (Lipinski definition) is 0. The number of benzene rings is 1. The molecule has 0 saturated carbocycles. The Kier molecular flexibility index (Phi) is 19.1. The molecule has 0 aromatic heterocycles. The van der Waals surface area contributed by atoms with Gasteiger partial charge in [0.05, 0.1) is 0 Å². The van der Waals surface area contributed by atoms with Gasteiger partial charge in [-0.25, -0.2) is 0 Å². The van der Waals surface area contributed by atoms with Gasteiger partial charge in [-0.1, -0.05) is 89.1 Å². The van der Waals surface area contributed by atoms with E-state index in [-0.39, 0.29) is 0 Å². The quantitative estimate of drug-likeness (QED) is 0.437. The van der Waals surface area contributed by atoms with Crippen LogP contribution >= 0.6 is 0 Å². The molecule has 150 valence electrons. The minimum absolute atomic E-state index is 1.16. The summed E-state index contributed by atoms with van der Waals surface area (Å²) in [5.41, 5.74) is 5.84. The maximum absolute atomic E-state index is 2.45. The van der Waals surface area contributed by atoms with E-state index in [0.29, 0.717) is 0 Å². The van der Waals surface area contributed by atoms with Crippen molar-refractivity contribution in [3.63, 3.8) is 0 Å². The largest absolute Gasteiger partial charge is 0.304 e. The molecule has 0 aliphatic heterocycles. The summed E-state index contributed by atoms with van der Waals surface area (Å²) in [5, 5.41) is 0. The second-order valence-electron chi connectivity index (χ2n) is 6.29. The lowest BCUT2D eigenvalue weighted by Crippen LogP contribution is -2.24.